The first-order chi connectivity index (χ1) is 13.1. The van der Waals surface area contributed by atoms with Crippen molar-refractivity contribution in [2.75, 3.05) is 20.8 Å². The predicted molar refractivity (Wildman–Crippen MR) is 110 cm³/mol. The summed E-state index contributed by atoms with van der Waals surface area (Å²) in [6, 6.07) is 18.0. The third kappa shape index (κ3) is 5.81. The van der Waals surface area contributed by atoms with E-state index in [1.807, 2.05) is 56.3 Å². The van der Waals surface area contributed by atoms with E-state index in [1.54, 1.807) is 14.2 Å². The molecule has 0 aliphatic carbocycles. The number of benzene rings is 2. The van der Waals surface area contributed by atoms with Crippen LogP contribution in [0.25, 0.3) is 5.57 Å². The van der Waals surface area contributed by atoms with Gasteiger partial charge in [0.05, 0.1) is 20.1 Å². The van der Waals surface area contributed by atoms with E-state index in [0.29, 0.717) is 13.0 Å². The summed E-state index contributed by atoms with van der Waals surface area (Å²) in [6.07, 6.45) is 0.866. The second-order valence-corrected chi connectivity index (χ2v) is 6.15. The highest BCUT2D eigenvalue weighted by Crippen LogP contribution is 2.25. The van der Waals surface area contributed by atoms with Gasteiger partial charge in [-0.25, -0.2) is 0 Å². The van der Waals surface area contributed by atoms with Gasteiger partial charge < -0.3 is 9.47 Å². The highest BCUT2D eigenvalue weighted by Gasteiger charge is 2.17. The molecule has 0 aliphatic rings. The van der Waals surface area contributed by atoms with Crippen LogP contribution in [-0.4, -0.2) is 32.4 Å². The van der Waals surface area contributed by atoms with E-state index in [9.17, 15) is 4.79 Å². The summed E-state index contributed by atoms with van der Waals surface area (Å²) in [4.78, 5) is 16.7. The zero-order chi connectivity index (χ0) is 19.6. The number of nitrogens with zero attached hydrogens (tertiary/aromatic N) is 1. The fraction of sp³-hybridized carbons (Fsp3) is 0.304. The molecule has 0 atom stereocenters. The SMILES string of the molecule is CCOC(=O)C/C(C(Cc1ccccc1)=NC)=C(/C)c1ccc(OC)cc1. The molecule has 4 heteroatoms. The van der Waals surface area contributed by atoms with E-state index in [1.165, 1.54) is 0 Å². The van der Waals surface area contributed by atoms with Gasteiger partial charge >= 0.3 is 5.97 Å². The Labute approximate surface area is 161 Å². The molecule has 0 fully saturated rings. The fourth-order valence-electron chi connectivity index (χ4n) is 2.93. The van der Waals surface area contributed by atoms with E-state index in [0.717, 1.165) is 33.7 Å². The highest BCUT2D eigenvalue weighted by atomic mass is 16.5. The minimum Gasteiger partial charge on any atom is -0.497 e. The summed E-state index contributed by atoms with van der Waals surface area (Å²) in [6.45, 7) is 4.20. The number of allylic oxidation sites excluding steroid dienone is 1. The maximum absolute atomic E-state index is 12.2. The first kappa shape index (κ1) is 20.4. The van der Waals surface area contributed by atoms with Crippen molar-refractivity contribution in [3.63, 3.8) is 0 Å². The molecule has 0 bridgehead atoms. The lowest BCUT2D eigenvalue weighted by atomic mass is 9.92. The van der Waals surface area contributed by atoms with Crippen LogP contribution in [0.3, 0.4) is 0 Å². The van der Waals surface area contributed by atoms with Crippen LogP contribution in [0.2, 0.25) is 0 Å². The fourth-order valence-corrected chi connectivity index (χ4v) is 2.93. The van der Waals surface area contributed by atoms with Gasteiger partial charge in [0.1, 0.15) is 5.75 Å². The van der Waals surface area contributed by atoms with Crippen molar-refractivity contribution in [2.24, 2.45) is 4.99 Å². The van der Waals surface area contributed by atoms with Gasteiger partial charge in [-0.3, -0.25) is 9.79 Å². The lowest BCUT2D eigenvalue weighted by Gasteiger charge is -2.15. The largest absolute Gasteiger partial charge is 0.497 e. The molecular weight excluding hydrogens is 338 g/mol. The molecule has 0 heterocycles. The number of esters is 1. The summed E-state index contributed by atoms with van der Waals surface area (Å²) in [5, 5.41) is 0. The van der Waals surface area contributed by atoms with E-state index in [-0.39, 0.29) is 12.4 Å². The van der Waals surface area contributed by atoms with Crippen molar-refractivity contribution >= 4 is 17.3 Å². The van der Waals surface area contributed by atoms with Crippen LogP contribution in [0.1, 0.15) is 31.4 Å². The Bertz CT molecular complexity index is 805. The maximum atomic E-state index is 12.2. The van der Waals surface area contributed by atoms with Gasteiger partial charge in [-0.15, -0.1) is 0 Å². The summed E-state index contributed by atoms with van der Waals surface area (Å²) >= 11 is 0. The number of hydrogen-bond acceptors (Lipinski definition) is 4. The van der Waals surface area contributed by atoms with Crippen LogP contribution in [0.15, 0.2) is 65.2 Å². The van der Waals surface area contributed by atoms with Crippen molar-refractivity contribution in [1.29, 1.82) is 0 Å². The minimum absolute atomic E-state index is 0.200. The van der Waals surface area contributed by atoms with Gasteiger partial charge in [0.2, 0.25) is 0 Å². The van der Waals surface area contributed by atoms with E-state index < -0.39 is 0 Å². The monoisotopic (exact) mass is 365 g/mol. The lowest BCUT2D eigenvalue weighted by molar-refractivity contribution is -0.142. The molecule has 4 nitrogen and oxygen atoms in total. The summed E-state index contributed by atoms with van der Waals surface area (Å²) in [5.74, 6) is 0.557. The van der Waals surface area contributed by atoms with Crippen LogP contribution in [0.5, 0.6) is 5.75 Å². The smallest absolute Gasteiger partial charge is 0.310 e. The van der Waals surface area contributed by atoms with Crippen LogP contribution in [-0.2, 0) is 16.0 Å². The van der Waals surface area contributed by atoms with Gasteiger partial charge in [0, 0.05) is 19.2 Å². The number of ether oxygens (including phenoxy) is 2. The molecule has 2 rings (SSSR count). The second kappa shape index (κ2) is 10.3. The zero-order valence-electron chi connectivity index (χ0n) is 16.5. The molecule has 0 saturated heterocycles. The number of aliphatic imine (C=N–C) groups is 1. The minimum atomic E-state index is -0.241. The summed E-state index contributed by atoms with van der Waals surface area (Å²) in [7, 11) is 3.41. The Morgan fingerprint density at radius 1 is 1.04 bits per heavy atom. The van der Waals surface area contributed by atoms with Crippen molar-refractivity contribution in [3.8, 4) is 5.75 Å². The Kier molecular flexibility index (Phi) is 7.80. The normalized spacial score (nSPS) is 12.4. The van der Waals surface area contributed by atoms with Crippen LogP contribution in [0, 0.1) is 0 Å². The van der Waals surface area contributed by atoms with Gasteiger partial charge in [0.25, 0.3) is 0 Å². The lowest BCUT2D eigenvalue weighted by Crippen LogP contribution is -2.15. The molecule has 2 aromatic rings. The molecule has 0 spiro atoms. The van der Waals surface area contributed by atoms with Gasteiger partial charge in [-0.1, -0.05) is 42.5 Å². The molecule has 27 heavy (non-hydrogen) atoms. The van der Waals surface area contributed by atoms with Gasteiger partial charge in [0.15, 0.2) is 0 Å². The quantitative estimate of drug-likeness (QED) is 0.502. The standard InChI is InChI=1S/C23H27NO3/c1-5-27-23(25)16-21(17(2)19-11-13-20(26-4)14-12-19)22(24-3)15-18-9-7-6-8-10-18/h6-14H,5,15-16H2,1-4H3/b21-17+,24-22?. The molecule has 0 radical (unpaired) electrons. The Hall–Kier alpha value is -2.88. The van der Waals surface area contributed by atoms with Crippen LogP contribution >= 0.6 is 0 Å². The molecule has 0 amide bonds. The first-order valence-corrected chi connectivity index (χ1v) is 9.08. The van der Waals surface area contributed by atoms with Gasteiger partial charge in [-0.05, 0) is 48.3 Å². The third-order valence-electron chi connectivity index (χ3n) is 4.43. The first-order valence-electron chi connectivity index (χ1n) is 9.08. The average Bonchev–Trinajstić information content (AvgIpc) is 2.71. The number of carbonyl (C=O) groups is 1. The highest BCUT2D eigenvalue weighted by molar-refractivity contribution is 6.09. The summed E-state index contributed by atoms with van der Waals surface area (Å²) < 4.78 is 10.4. The number of rotatable bonds is 8. The van der Waals surface area contributed by atoms with E-state index >= 15 is 0 Å². The number of hydrogen-bond donors (Lipinski definition) is 0. The Balaban J connectivity index is 2.42. The average molecular weight is 365 g/mol. The van der Waals surface area contributed by atoms with Crippen molar-refractivity contribution in [3.05, 3.63) is 71.3 Å². The third-order valence-corrected chi connectivity index (χ3v) is 4.43. The van der Waals surface area contributed by atoms with E-state index in [2.05, 4.69) is 17.1 Å². The molecule has 0 aliphatic heterocycles. The molecule has 0 saturated carbocycles. The topological polar surface area (TPSA) is 47.9 Å². The molecule has 142 valence electrons. The molecule has 0 unspecified atom stereocenters. The number of carbonyl (C=O) groups excluding carboxylic acids is 1. The van der Waals surface area contributed by atoms with E-state index in [4.69, 9.17) is 9.47 Å². The maximum Gasteiger partial charge on any atom is 0.310 e. The Morgan fingerprint density at radius 2 is 1.70 bits per heavy atom. The predicted octanol–water partition coefficient (Wildman–Crippen LogP) is 4.74. The Morgan fingerprint density at radius 3 is 2.26 bits per heavy atom. The van der Waals surface area contributed by atoms with Crippen molar-refractivity contribution in [2.45, 2.75) is 26.7 Å². The summed E-state index contributed by atoms with van der Waals surface area (Å²) in [5.41, 5.74) is 5.00. The van der Waals surface area contributed by atoms with Crippen molar-refractivity contribution in [1.82, 2.24) is 0 Å². The number of methoxy groups -OCH3 is 1. The zero-order valence-corrected chi connectivity index (χ0v) is 16.5. The molecule has 2 aromatic carbocycles. The van der Waals surface area contributed by atoms with Gasteiger partial charge in [-0.2, -0.15) is 0 Å². The molecule has 0 aromatic heterocycles. The second-order valence-electron chi connectivity index (χ2n) is 6.15. The van der Waals surface area contributed by atoms with Crippen LogP contribution < -0.4 is 4.74 Å². The van der Waals surface area contributed by atoms with Crippen molar-refractivity contribution < 1.29 is 14.3 Å². The van der Waals surface area contributed by atoms with Crippen LogP contribution in [0.4, 0.5) is 0 Å². The molecular formula is C23H27NO3. The molecule has 0 N–H and O–H groups in total.